The molecule has 0 unspecified atom stereocenters. The molecule has 0 saturated heterocycles. The molecular weight excluding hydrogens is 263 g/mol. The van der Waals surface area contributed by atoms with E-state index in [0.717, 1.165) is 12.1 Å². The van der Waals surface area contributed by atoms with E-state index in [-0.39, 0.29) is 51.3 Å². The van der Waals surface area contributed by atoms with Crippen molar-refractivity contribution in [2.75, 3.05) is 0 Å². The molecule has 0 heterocycles. The molecule has 1 rings (SSSR count). The molecule has 0 aliphatic carbocycles. The number of carbonyl (C=O) groups excluding carboxylic acids is 2. The minimum atomic E-state index is -1.72. The first-order valence-corrected chi connectivity index (χ1v) is 3.42. The Kier molecular flexibility index (Phi) is 7.73. The first kappa shape index (κ1) is 17.9. The van der Waals surface area contributed by atoms with Crippen LogP contribution >= 0.6 is 0 Å². The first-order valence-electron chi connectivity index (χ1n) is 3.42. The number of hydrogen-bond donors (Lipinski definition) is 2. The molecule has 0 bridgehead atoms. The van der Waals surface area contributed by atoms with Crippen LogP contribution < -0.4 is 39.8 Å². The van der Waals surface area contributed by atoms with Gasteiger partial charge in [-0.25, -0.2) is 0 Å². The maximum absolute atomic E-state index is 10.3. The molecule has 0 fully saturated rings. The van der Waals surface area contributed by atoms with Crippen molar-refractivity contribution in [2.24, 2.45) is 0 Å². The summed E-state index contributed by atoms with van der Waals surface area (Å²) in [5.74, 6) is -5.54. The van der Waals surface area contributed by atoms with Crippen molar-refractivity contribution in [1.82, 2.24) is 0 Å². The summed E-state index contributed by atoms with van der Waals surface area (Å²) >= 11 is 0. The van der Waals surface area contributed by atoms with Gasteiger partial charge in [-0.3, -0.25) is 0 Å². The van der Waals surface area contributed by atoms with E-state index in [1.165, 1.54) is 0 Å². The summed E-state index contributed by atoms with van der Waals surface area (Å²) in [7, 11) is 0. The van der Waals surface area contributed by atoms with Crippen LogP contribution in [-0.2, 0) is 21.7 Å². The summed E-state index contributed by atoms with van der Waals surface area (Å²) in [6.07, 6.45) is 0. The van der Waals surface area contributed by atoms with E-state index in [1.807, 2.05) is 0 Å². The molecule has 0 radical (unpaired) electrons. The van der Waals surface area contributed by atoms with Gasteiger partial charge < -0.3 is 30.0 Å². The molecule has 6 nitrogen and oxygen atoms in total. The second-order valence-corrected chi connectivity index (χ2v) is 2.43. The minimum Gasteiger partial charge on any atom is -0.545 e. The predicted molar refractivity (Wildman–Crippen MR) is 38.4 cm³/mol. The Morgan fingerprint density at radius 1 is 0.938 bits per heavy atom. The van der Waals surface area contributed by atoms with Crippen LogP contribution in [0.4, 0.5) is 0 Å². The largest absolute Gasteiger partial charge is 4.00 e. The van der Waals surface area contributed by atoms with Crippen molar-refractivity contribution < 1.29 is 81.3 Å². The van der Waals surface area contributed by atoms with Crippen molar-refractivity contribution >= 4 is 11.9 Å². The van der Waals surface area contributed by atoms with Crippen LogP contribution in [0.25, 0.3) is 0 Å². The summed E-state index contributed by atoms with van der Waals surface area (Å²) in [4.78, 5) is 20.6. The monoisotopic (exact) mass is 267 g/mol. The van der Waals surface area contributed by atoms with E-state index in [4.69, 9.17) is 10.2 Å². The van der Waals surface area contributed by atoms with E-state index < -0.39 is 34.6 Å². The van der Waals surface area contributed by atoms with Crippen molar-refractivity contribution in [3.05, 3.63) is 23.3 Å². The van der Waals surface area contributed by atoms with Crippen molar-refractivity contribution in [3.8, 4) is 11.5 Å². The fourth-order valence-corrected chi connectivity index (χ4v) is 0.909. The van der Waals surface area contributed by atoms with Gasteiger partial charge in [-0.15, -0.1) is 0 Å². The van der Waals surface area contributed by atoms with Gasteiger partial charge in [-0.1, -0.05) is 0 Å². The third-order valence-corrected chi connectivity index (χ3v) is 1.59. The molecule has 1 aromatic carbocycles. The van der Waals surface area contributed by atoms with Crippen LogP contribution in [0.5, 0.6) is 11.5 Å². The Morgan fingerprint density at radius 3 is 1.38 bits per heavy atom. The SMILES string of the molecule is O=C([O-])c1ccc(C(=O)[O-])c(O)c1O.[Na+].[Ti+4]. The average molecular weight is 267 g/mol. The van der Waals surface area contributed by atoms with Crippen molar-refractivity contribution in [3.63, 3.8) is 0 Å². The fourth-order valence-electron chi connectivity index (χ4n) is 0.909. The van der Waals surface area contributed by atoms with Crippen LogP contribution in [-0.4, -0.2) is 22.2 Å². The molecule has 0 aliphatic heterocycles. The van der Waals surface area contributed by atoms with E-state index in [1.54, 1.807) is 0 Å². The normalized spacial score (nSPS) is 8.50. The molecule has 16 heavy (non-hydrogen) atoms. The van der Waals surface area contributed by atoms with Gasteiger partial charge in [-0.05, 0) is 12.1 Å². The van der Waals surface area contributed by atoms with Crippen LogP contribution in [0.15, 0.2) is 12.1 Å². The van der Waals surface area contributed by atoms with Crippen molar-refractivity contribution in [2.45, 2.75) is 0 Å². The fraction of sp³-hybridized carbons (Fsp3) is 0. The topological polar surface area (TPSA) is 121 Å². The van der Waals surface area contributed by atoms with Gasteiger partial charge >= 0.3 is 51.3 Å². The zero-order valence-corrected chi connectivity index (χ0v) is 11.7. The van der Waals surface area contributed by atoms with Crippen LogP contribution in [0.3, 0.4) is 0 Å². The Labute approximate surface area is 127 Å². The second kappa shape index (κ2) is 6.93. The van der Waals surface area contributed by atoms with Gasteiger partial charge in [0.15, 0.2) is 11.5 Å². The second-order valence-electron chi connectivity index (χ2n) is 2.43. The summed E-state index contributed by atoms with van der Waals surface area (Å²) in [6.45, 7) is 0. The maximum Gasteiger partial charge on any atom is 4.00 e. The zero-order valence-electron chi connectivity index (χ0n) is 8.18. The first-order chi connectivity index (χ1) is 6.45. The summed E-state index contributed by atoms with van der Waals surface area (Å²) in [6, 6.07) is 1.60. The zero-order chi connectivity index (χ0) is 10.9. The van der Waals surface area contributed by atoms with Gasteiger partial charge in [0.2, 0.25) is 0 Å². The Hall–Kier alpha value is -0.526. The van der Waals surface area contributed by atoms with E-state index >= 15 is 0 Å². The molecule has 0 spiro atoms. The van der Waals surface area contributed by atoms with Crippen LogP contribution in [0.2, 0.25) is 0 Å². The summed E-state index contributed by atoms with van der Waals surface area (Å²) < 4.78 is 0. The smallest absolute Gasteiger partial charge is 0.545 e. The van der Waals surface area contributed by atoms with Gasteiger partial charge in [0.05, 0.1) is 11.9 Å². The molecule has 2 N–H and O–H groups in total. The predicted octanol–water partition coefficient (Wildman–Crippen LogP) is -5.17. The van der Waals surface area contributed by atoms with Crippen LogP contribution in [0.1, 0.15) is 20.7 Å². The minimum absolute atomic E-state index is 0. The molecule has 8 heteroatoms. The number of benzene rings is 1. The molecule has 1 aromatic rings. The number of rotatable bonds is 2. The number of phenols is 2. The van der Waals surface area contributed by atoms with Crippen molar-refractivity contribution in [1.29, 1.82) is 0 Å². The van der Waals surface area contributed by atoms with Gasteiger partial charge in [0.1, 0.15) is 0 Å². The number of carboxylic acids is 2. The van der Waals surface area contributed by atoms with E-state index in [2.05, 4.69) is 0 Å². The Morgan fingerprint density at radius 2 is 1.19 bits per heavy atom. The Bertz CT molecular complexity index is 380. The third-order valence-electron chi connectivity index (χ3n) is 1.59. The molecule has 0 atom stereocenters. The summed E-state index contributed by atoms with van der Waals surface area (Å²) in [5.41, 5.74) is -1.37. The quantitative estimate of drug-likeness (QED) is 0.408. The molecular formula is C8H4NaO6Ti+3. The van der Waals surface area contributed by atoms with Gasteiger partial charge in [0.25, 0.3) is 0 Å². The molecule has 74 valence electrons. The number of aromatic hydroxyl groups is 2. The third kappa shape index (κ3) is 3.50. The molecule has 0 aromatic heterocycles. The number of carboxylic acid groups (broad SMARTS) is 2. The van der Waals surface area contributed by atoms with Crippen LogP contribution in [0, 0.1) is 0 Å². The van der Waals surface area contributed by atoms with Gasteiger partial charge in [0, 0.05) is 11.1 Å². The van der Waals surface area contributed by atoms with E-state index in [0.29, 0.717) is 0 Å². The summed E-state index contributed by atoms with van der Waals surface area (Å²) in [5, 5.41) is 38.7. The average Bonchev–Trinajstić information content (AvgIpc) is 2.08. The maximum atomic E-state index is 10.3. The number of carbonyl (C=O) groups is 2. The molecule has 0 amide bonds. The number of aromatic carboxylic acids is 2. The Balaban J connectivity index is 0. The standard InChI is InChI=1S/C8H6O6.Na.Ti/c9-5-3(7(11)12)1-2-4(6(5)10)8(13)14;;/h1-2,9-10H,(H,11,12)(H,13,14);;/q;+1;+4/p-2. The van der Waals surface area contributed by atoms with Gasteiger partial charge in [-0.2, -0.15) is 0 Å². The molecule has 0 saturated carbocycles. The van der Waals surface area contributed by atoms with E-state index in [9.17, 15) is 19.8 Å². The number of hydrogen-bond acceptors (Lipinski definition) is 6. The molecule has 0 aliphatic rings.